The van der Waals surface area contributed by atoms with Gasteiger partial charge in [0.05, 0.1) is 27.9 Å². The van der Waals surface area contributed by atoms with Crippen LogP contribution in [0.15, 0.2) is 182 Å². The molecule has 4 nitrogen and oxygen atoms in total. The predicted molar refractivity (Wildman–Crippen MR) is 210 cm³/mol. The van der Waals surface area contributed by atoms with E-state index in [0.717, 1.165) is 88.7 Å². The van der Waals surface area contributed by atoms with Gasteiger partial charge in [-0.1, -0.05) is 152 Å². The van der Waals surface area contributed by atoms with Crippen molar-refractivity contribution in [2.45, 2.75) is 0 Å². The van der Waals surface area contributed by atoms with E-state index in [1.165, 1.54) is 5.39 Å². The molecule has 0 unspecified atom stereocenters. The maximum atomic E-state index is 5.38. The van der Waals surface area contributed by atoms with Gasteiger partial charge in [-0.05, 0) is 46.3 Å². The molecule has 10 rings (SSSR count). The predicted octanol–water partition coefficient (Wildman–Crippen LogP) is 11.9. The molecule has 0 amide bonds. The fourth-order valence-electron chi connectivity index (χ4n) is 7.33. The third-order valence-electron chi connectivity index (χ3n) is 9.84. The summed E-state index contributed by atoms with van der Waals surface area (Å²) < 4.78 is 2.15. The molecule has 0 aliphatic heterocycles. The van der Waals surface area contributed by atoms with Crippen molar-refractivity contribution < 1.29 is 0 Å². The maximum Gasteiger partial charge on any atom is 0.101 e. The van der Waals surface area contributed by atoms with Gasteiger partial charge in [-0.25, -0.2) is 9.50 Å². The van der Waals surface area contributed by atoms with E-state index < -0.39 is 0 Å². The first-order valence-electron chi connectivity index (χ1n) is 17.2. The van der Waals surface area contributed by atoms with Gasteiger partial charge in [-0.15, -0.1) is 0 Å². The average Bonchev–Trinajstić information content (AvgIpc) is 3.62. The molecule has 6 aromatic carbocycles. The lowest BCUT2D eigenvalue weighted by atomic mass is 9.94. The maximum absolute atomic E-state index is 5.38. The molecule has 10 aromatic rings. The van der Waals surface area contributed by atoms with Crippen LogP contribution in [0.4, 0.5) is 0 Å². The number of fused-ring (bicyclic) bond motifs is 6. The second-order valence-electron chi connectivity index (χ2n) is 12.9. The molecule has 0 aliphatic rings. The van der Waals surface area contributed by atoms with Gasteiger partial charge in [0.1, 0.15) is 5.69 Å². The standard InChI is InChI=1S/C47H30N4/c1-4-11-33(12-5-1)42-30-39-25-24-38(29-40(39)47-43(34-13-6-2-7-14-34)44(50-51(42)47)35-15-8-3-9-16-35)31-18-20-32(21-19-31)41-27-26-37-23-22-36-17-10-28-48-45(36)46(37)49-41/h1-30H. The Hall–Kier alpha value is -6.91. The van der Waals surface area contributed by atoms with Crippen LogP contribution in [0.2, 0.25) is 0 Å². The molecule has 0 spiro atoms. The molecule has 51 heavy (non-hydrogen) atoms. The highest BCUT2D eigenvalue weighted by molar-refractivity contribution is 6.10. The molecule has 4 aromatic heterocycles. The summed E-state index contributed by atoms with van der Waals surface area (Å²) in [5.74, 6) is 0. The molecule has 0 fully saturated rings. The second-order valence-corrected chi connectivity index (χ2v) is 12.9. The smallest absolute Gasteiger partial charge is 0.101 e. The number of pyridine rings is 3. The summed E-state index contributed by atoms with van der Waals surface area (Å²) in [5, 5.41) is 9.88. The van der Waals surface area contributed by atoms with E-state index >= 15 is 0 Å². The van der Waals surface area contributed by atoms with Gasteiger partial charge in [0.15, 0.2) is 0 Å². The fraction of sp³-hybridized carbons (Fsp3) is 0. The molecule has 0 saturated carbocycles. The summed E-state index contributed by atoms with van der Waals surface area (Å²) in [6.07, 6.45) is 1.83. The quantitative estimate of drug-likeness (QED) is 0.174. The Bertz CT molecular complexity index is 2880. The zero-order valence-electron chi connectivity index (χ0n) is 27.6. The van der Waals surface area contributed by atoms with Crippen LogP contribution >= 0.6 is 0 Å². The Morgan fingerprint density at radius 2 is 1.02 bits per heavy atom. The molecule has 0 N–H and O–H groups in total. The van der Waals surface area contributed by atoms with Crippen LogP contribution in [0.1, 0.15) is 0 Å². The Labute approximate surface area is 295 Å². The lowest BCUT2D eigenvalue weighted by Gasteiger charge is -2.12. The van der Waals surface area contributed by atoms with E-state index in [-0.39, 0.29) is 0 Å². The van der Waals surface area contributed by atoms with Crippen LogP contribution in [0.25, 0.3) is 94.1 Å². The van der Waals surface area contributed by atoms with Gasteiger partial charge >= 0.3 is 0 Å². The largest absolute Gasteiger partial charge is 0.254 e. The Balaban J connectivity index is 1.16. The molecule has 0 bridgehead atoms. The lowest BCUT2D eigenvalue weighted by Crippen LogP contribution is -1.96. The molecular weight excluding hydrogens is 621 g/mol. The van der Waals surface area contributed by atoms with Crippen molar-refractivity contribution in [3.05, 3.63) is 182 Å². The highest BCUT2D eigenvalue weighted by Crippen LogP contribution is 2.42. The van der Waals surface area contributed by atoms with E-state index in [4.69, 9.17) is 10.1 Å². The SMILES string of the molecule is c1ccc(-c2nn3c(-c4ccccc4)cc4ccc(-c5ccc(-c6ccc7ccc8cccnc8c7n6)cc5)cc4c3c2-c2ccccc2)cc1. The topological polar surface area (TPSA) is 43.1 Å². The van der Waals surface area contributed by atoms with Crippen LogP contribution in [0, 0.1) is 0 Å². The number of rotatable bonds is 5. The minimum absolute atomic E-state index is 0.924. The van der Waals surface area contributed by atoms with Gasteiger partial charge in [0.25, 0.3) is 0 Å². The summed E-state index contributed by atoms with van der Waals surface area (Å²) in [6, 6.07) is 62.0. The first kappa shape index (κ1) is 29.0. The van der Waals surface area contributed by atoms with Crippen molar-refractivity contribution in [1.29, 1.82) is 0 Å². The number of benzene rings is 6. The van der Waals surface area contributed by atoms with Crippen molar-refractivity contribution >= 4 is 38.1 Å². The zero-order valence-corrected chi connectivity index (χ0v) is 27.6. The van der Waals surface area contributed by atoms with Gasteiger partial charge < -0.3 is 0 Å². The second kappa shape index (κ2) is 11.9. The van der Waals surface area contributed by atoms with Gasteiger partial charge in [0.2, 0.25) is 0 Å². The number of nitrogens with zero attached hydrogens (tertiary/aromatic N) is 4. The fourth-order valence-corrected chi connectivity index (χ4v) is 7.33. The van der Waals surface area contributed by atoms with Crippen LogP contribution in [0.3, 0.4) is 0 Å². The lowest BCUT2D eigenvalue weighted by molar-refractivity contribution is 0.979. The molecule has 0 radical (unpaired) electrons. The molecule has 4 heteroatoms. The normalized spacial score (nSPS) is 11.5. The summed E-state index contributed by atoms with van der Waals surface area (Å²) in [7, 11) is 0. The van der Waals surface area contributed by atoms with Crippen LogP contribution in [-0.4, -0.2) is 19.6 Å². The summed E-state index contributed by atoms with van der Waals surface area (Å²) in [4.78, 5) is 9.72. The third kappa shape index (κ3) is 4.96. The molecule has 0 atom stereocenters. The number of aromatic nitrogens is 4. The molecule has 238 valence electrons. The van der Waals surface area contributed by atoms with E-state index in [9.17, 15) is 0 Å². The Morgan fingerprint density at radius 1 is 0.412 bits per heavy atom. The van der Waals surface area contributed by atoms with Crippen LogP contribution in [0.5, 0.6) is 0 Å². The van der Waals surface area contributed by atoms with Gasteiger partial charge in [0, 0.05) is 44.6 Å². The first-order chi connectivity index (χ1) is 25.3. The van der Waals surface area contributed by atoms with Gasteiger partial charge in [-0.2, -0.15) is 5.10 Å². The van der Waals surface area contributed by atoms with Crippen LogP contribution < -0.4 is 0 Å². The van der Waals surface area contributed by atoms with E-state index in [1.54, 1.807) is 0 Å². The van der Waals surface area contributed by atoms with Crippen molar-refractivity contribution in [2.24, 2.45) is 0 Å². The summed E-state index contributed by atoms with van der Waals surface area (Å²) in [6.45, 7) is 0. The minimum Gasteiger partial charge on any atom is -0.254 e. The number of hydrogen-bond acceptors (Lipinski definition) is 3. The minimum atomic E-state index is 0.924. The molecule has 4 heterocycles. The van der Waals surface area contributed by atoms with Crippen molar-refractivity contribution in [3.8, 4) is 56.0 Å². The highest BCUT2D eigenvalue weighted by Gasteiger charge is 2.22. The van der Waals surface area contributed by atoms with Gasteiger partial charge in [-0.3, -0.25) is 4.98 Å². The summed E-state index contributed by atoms with van der Waals surface area (Å²) >= 11 is 0. The molecule has 0 saturated heterocycles. The van der Waals surface area contributed by atoms with E-state index in [2.05, 4.69) is 179 Å². The van der Waals surface area contributed by atoms with E-state index in [1.807, 2.05) is 12.3 Å². The average molecular weight is 651 g/mol. The highest BCUT2D eigenvalue weighted by atomic mass is 15.2. The van der Waals surface area contributed by atoms with Crippen molar-refractivity contribution in [2.75, 3.05) is 0 Å². The Kier molecular flexibility index (Phi) is 6.78. The molecule has 0 aliphatic carbocycles. The summed E-state index contributed by atoms with van der Waals surface area (Å²) in [5.41, 5.74) is 13.7. The van der Waals surface area contributed by atoms with Crippen molar-refractivity contribution in [1.82, 2.24) is 19.6 Å². The Morgan fingerprint density at radius 3 is 1.76 bits per heavy atom. The first-order valence-corrected chi connectivity index (χ1v) is 17.2. The molecular formula is C47H30N4. The third-order valence-corrected chi connectivity index (χ3v) is 9.84. The van der Waals surface area contributed by atoms with Crippen molar-refractivity contribution in [3.63, 3.8) is 0 Å². The van der Waals surface area contributed by atoms with Crippen LogP contribution in [-0.2, 0) is 0 Å². The van der Waals surface area contributed by atoms with E-state index in [0.29, 0.717) is 0 Å². The zero-order chi connectivity index (χ0) is 33.7. The monoisotopic (exact) mass is 650 g/mol. The number of hydrogen-bond donors (Lipinski definition) is 0.